The van der Waals surface area contributed by atoms with E-state index in [-0.39, 0.29) is 5.60 Å². The van der Waals surface area contributed by atoms with Crippen LogP contribution in [0.15, 0.2) is 43.0 Å². The Balaban J connectivity index is 0.000000396. The van der Waals surface area contributed by atoms with Crippen LogP contribution in [-0.4, -0.2) is 34.1 Å². The summed E-state index contributed by atoms with van der Waals surface area (Å²) in [4.78, 5) is 23.5. The molecule has 0 aliphatic heterocycles. The minimum absolute atomic E-state index is 0.318. The fourth-order valence-corrected chi connectivity index (χ4v) is 3.27. The maximum atomic E-state index is 9.60. The molecule has 7 nitrogen and oxygen atoms in total. The minimum atomic E-state index is -0.318. The summed E-state index contributed by atoms with van der Waals surface area (Å²) >= 11 is 1.66. The molecule has 3 rings (SSSR count). The second-order valence-electron chi connectivity index (χ2n) is 7.57. The summed E-state index contributed by atoms with van der Waals surface area (Å²) in [6, 6.07) is 6.48. The van der Waals surface area contributed by atoms with Gasteiger partial charge in [-0.25, -0.2) is 9.97 Å². The number of nitrogens with zero attached hydrogens (tertiary/aromatic N) is 3. The Hall–Kier alpha value is -3.00. The molecule has 2 N–H and O–H groups in total. The van der Waals surface area contributed by atoms with Gasteiger partial charge in [-0.1, -0.05) is 6.07 Å². The number of anilines is 3. The number of ether oxygens (including phenoxy) is 1. The molecule has 2 heterocycles. The maximum absolute atomic E-state index is 9.60. The molecule has 30 heavy (non-hydrogen) atoms. The molecule has 0 fully saturated rings. The summed E-state index contributed by atoms with van der Waals surface area (Å²) < 4.78 is 4.55. The zero-order valence-corrected chi connectivity index (χ0v) is 18.9. The molecule has 0 saturated heterocycles. The molecule has 0 atom stereocenters. The summed E-state index contributed by atoms with van der Waals surface area (Å²) in [6.45, 7) is 8.08. The van der Waals surface area contributed by atoms with Crippen molar-refractivity contribution in [1.29, 1.82) is 0 Å². The molecule has 0 bridgehead atoms. The lowest BCUT2D eigenvalue weighted by Crippen LogP contribution is -2.17. The summed E-state index contributed by atoms with van der Waals surface area (Å²) in [5.74, 6) is 0.714. The summed E-state index contributed by atoms with van der Waals surface area (Å²) in [5.41, 5.74) is 3.53. The predicted molar refractivity (Wildman–Crippen MR) is 122 cm³/mol. The first kappa shape index (κ1) is 23.3. The van der Waals surface area contributed by atoms with Crippen molar-refractivity contribution in [2.75, 3.05) is 17.7 Å². The van der Waals surface area contributed by atoms with Gasteiger partial charge in [-0.15, -0.1) is 11.3 Å². The van der Waals surface area contributed by atoms with Crippen LogP contribution >= 0.6 is 11.3 Å². The first-order chi connectivity index (χ1) is 14.3. The second kappa shape index (κ2) is 11.3. The Morgan fingerprint density at radius 2 is 1.93 bits per heavy atom. The van der Waals surface area contributed by atoms with Crippen molar-refractivity contribution >= 4 is 34.4 Å². The van der Waals surface area contributed by atoms with E-state index in [2.05, 4.69) is 55.4 Å². The lowest BCUT2D eigenvalue weighted by atomic mass is 10.0. The molecule has 2 aromatic heterocycles. The molecule has 0 saturated carbocycles. The number of benzene rings is 1. The highest BCUT2D eigenvalue weighted by atomic mass is 32.1. The van der Waals surface area contributed by atoms with Gasteiger partial charge < -0.3 is 15.4 Å². The molecule has 0 aliphatic carbocycles. The number of hydrogen-bond donors (Lipinski definition) is 2. The van der Waals surface area contributed by atoms with Gasteiger partial charge in [0.1, 0.15) is 5.60 Å². The third-order valence-electron chi connectivity index (χ3n) is 4.03. The van der Waals surface area contributed by atoms with E-state index in [1.54, 1.807) is 29.9 Å². The van der Waals surface area contributed by atoms with E-state index in [0.717, 1.165) is 23.7 Å². The Morgan fingerprint density at radius 1 is 1.13 bits per heavy atom. The number of carbonyl (C=O) groups is 1. The monoisotopic (exact) mass is 427 g/mol. The molecule has 0 spiro atoms. The van der Waals surface area contributed by atoms with Crippen LogP contribution in [0.4, 0.5) is 16.6 Å². The molecule has 1 aromatic carbocycles. The fraction of sp³-hybridized carbons (Fsp3) is 0.364. The van der Waals surface area contributed by atoms with Gasteiger partial charge >= 0.3 is 0 Å². The quantitative estimate of drug-likeness (QED) is 0.525. The molecule has 0 amide bonds. The molecular weight excluding hydrogens is 398 g/mol. The zero-order valence-electron chi connectivity index (χ0n) is 18.1. The lowest BCUT2D eigenvalue weighted by Gasteiger charge is -2.14. The average molecular weight is 428 g/mol. The highest BCUT2D eigenvalue weighted by molar-refractivity contribution is 7.15. The molecule has 8 heteroatoms. The Morgan fingerprint density at radius 3 is 2.53 bits per heavy atom. The highest BCUT2D eigenvalue weighted by Gasteiger charge is 2.07. The van der Waals surface area contributed by atoms with E-state index < -0.39 is 0 Å². The van der Waals surface area contributed by atoms with Crippen LogP contribution in [-0.2, 0) is 22.4 Å². The van der Waals surface area contributed by atoms with Crippen LogP contribution in [0, 0.1) is 6.92 Å². The number of hydrogen-bond acceptors (Lipinski definition) is 8. The van der Waals surface area contributed by atoms with Crippen molar-refractivity contribution in [3.63, 3.8) is 0 Å². The first-order valence-electron chi connectivity index (χ1n) is 9.67. The van der Waals surface area contributed by atoms with Crippen molar-refractivity contribution < 1.29 is 9.53 Å². The largest absolute Gasteiger partial charge is 0.462 e. The van der Waals surface area contributed by atoms with E-state index in [0.29, 0.717) is 12.3 Å². The van der Waals surface area contributed by atoms with Crippen molar-refractivity contribution in [3.8, 4) is 0 Å². The smallest absolute Gasteiger partial charge is 0.293 e. The molecular formula is C22H29N5O2S. The van der Waals surface area contributed by atoms with Gasteiger partial charge in [-0.2, -0.15) is 0 Å². The number of aryl methyl sites for hydroxylation is 3. The van der Waals surface area contributed by atoms with E-state index in [1.165, 1.54) is 16.0 Å². The Kier molecular flexibility index (Phi) is 8.73. The topological polar surface area (TPSA) is 89.0 Å². The zero-order chi connectivity index (χ0) is 22.0. The van der Waals surface area contributed by atoms with Gasteiger partial charge in [0.2, 0.25) is 0 Å². The van der Waals surface area contributed by atoms with Crippen LogP contribution in [0.2, 0.25) is 0 Å². The average Bonchev–Trinajstić information content (AvgIpc) is 3.15. The van der Waals surface area contributed by atoms with Gasteiger partial charge in [0, 0.05) is 36.2 Å². The van der Waals surface area contributed by atoms with E-state index in [9.17, 15) is 4.79 Å². The number of nitrogens with one attached hydrogen (secondary N) is 2. The third-order valence-corrected chi connectivity index (χ3v) is 5.00. The van der Waals surface area contributed by atoms with Crippen molar-refractivity contribution in [2.45, 2.75) is 46.1 Å². The number of carbonyl (C=O) groups excluding carboxylic acids is 1. The Labute approximate surface area is 182 Å². The van der Waals surface area contributed by atoms with E-state index in [4.69, 9.17) is 0 Å². The summed E-state index contributed by atoms with van der Waals surface area (Å²) in [7, 11) is 1.95. The number of aromatic nitrogens is 3. The van der Waals surface area contributed by atoms with Gasteiger partial charge in [-0.05, 0) is 63.8 Å². The Bertz CT molecular complexity index is 923. The van der Waals surface area contributed by atoms with Crippen molar-refractivity contribution in [2.24, 2.45) is 0 Å². The van der Waals surface area contributed by atoms with Crippen LogP contribution in [0.3, 0.4) is 0 Å². The van der Waals surface area contributed by atoms with Crippen LogP contribution < -0.4 is 10.6 Å². The van der Waals surface area contributed by atoms with Gasteiger partial charge in [0.05, 0.1) is 6.20 Å². The van der Waals surface area contributed by atoms with Crippen molar-refractivity contribution in [1.82, 2.24) is 15.0 Å². The van der Waals surface area contributed by atoms with Crippen molar-refractivity contribution in [3.05, 3.63) is 59.0 Å². The molecule has 160 valence electrons. The van der Waals surface area contributed by atoms with E-state index >= 15 is 0 Å². The maximum Gasteiger partial charge on any atom is 0.293 e. The molecule has 0 unspecified atom stereocenters. The molecule has 3 aromatic rings. The third kappa shape index (κ3) is 8.16. The van der Waals surface area contributed by atoms with Crippen LogP contribution in [0.1, 0.15) is 36.8 Å². The predicted octanol–water partition coefficient (Wildman–Crippen LogP) is 4.77. The van der Waals surface area contributed by atoms with Crippen LogP contribution in [0.25, 0.3) is 0 Å². The molecule has 0 aliphatic rings. The standard InChI is InChI=1S/C17H19N5S.C5H10O2/c1-12-3-5-14(18-2)9-13(12)4-6-15-10-21-17(23-15)22-16-11-19-7-8-20-16;1-5(2,3)7-4-6/h3,5,7-11,18H,4,6H2,1-2H3,(H,20,21,22);4H,1-3H3. The minimum Gasteiger partial charge on any atom is -0.462 e. The van der Waals surface area contributed by atoms with Crippen LogP contribution in [0.5, 0.6) is 0 Å². The van der Waals surface area contributed by atoms with Gasteiger partial charge in [0.15, 0.2) is 10.9 Å². The number of thiazole rings is 1. The highest BCUT2D eigenvalue weighted by Crippen LogP contribution is 2.23. The summed E-state index contributed by atoms with van der Waals surface area (Å²) in [5, 5.41) is 7.22. The van der Waals surface area contributed by atoms with E-state index in [1.807, 2.05) is 34.0 Å². The number of rotatable bonds is 7. The van der Waals surface area contributed by atoms with Gasteiger partial charge in [-0.3, -0.25) is 9.78 Å². The first-order valence-corrected chi connectivity index (χ1v) is 10.5. The van der Waals surface area contributed by atoms with Gasteiger partial charge in [0.25, 0.3) is 6.47 Å². The summed E-state index contributed by atoms with van der Waals surface area (Å²) in [6.07, 6.45) is 8.92. The fourth-order valence-electron chi connectivity index (χ4n) is 2.45. The lowest BCUT2D eigenvalue weighted by molar-refractivity contribution is -0.138. The normalized spacial score (nSPS) is 10.6. The second-order valence-corrected chi connectivity index (χ2v) is 8.68. The molecule has 0 radical (unpaired) electrons. The SMILES string of the molecule is CC(C)(C)OC=O.CNc1ccc(C)c(CCc2cnc(Nc3cnccn3)s2)c1.